The van der Waals surface area contributed by atoms with Gasteiger partial charge in [-0.2, -0.15) is 0 Å². The largest absolute Gasteiger partial charge is 0.487 e. The predicted octanol–water partition coefficient (Wildman–Crippen LogP) is 1.69. The first-order valence-electron chi connectivity index (χ1n) is 6.55. The summed E-state index contributed by atoms with van der Waals surface area (Å²) in [4.78, 5) is 0. The molecule has 1 heterocycles. The fourth-order valence-electron chi connectivity index (χ4n) is 1.77. The van der Waals surface area contributed by atoms with Gasteiger partial charge in [0.2, 0.25) is 0 Å². The normalized spacial score (nSPS) is 17.9. The number of ether oxygens (including phenoxy) is 4. The number of hydrogen-bond donors (Lipinski definition) is 1. The van der Waals surface area contributed by atoms with Crippen LogP contribution in [0.5, 0.6) is 11.5 Å². The third kappa shape index (κ3) is 4.11. The van der Waals surface area contributed by atoms with E-state index in [1.54, 1.807) is 19.1 Å². The molecule has 6 nitrogen and oxygen atoms in total. The second-order valence-corrected chi connectivity index (χ2v) is 4.27. The zero-order valence-corrected chi connectivity index (χ0v) is 11.5. The van der Waals surface area contributed by atoms with E-state index in [1.807, 2.05) is 6.07 Å². The van der Waals surface area contributed by atoms with Gasteiger partial charge >= 0.3 is 0 Å². The van der Waals surface area contributed by atoms with Crippen molar-refractivity contribution < 1.29 is 24.2 Å². The van der Waals surface area contributed by atoms with Crippen LogP contribution in [-0.2, 0) is 9.47 Å². The molecule has 1 aliphatic heterocycles. The number of rotatable bonds is 1. The van der Waals surface area contributed by atoms with E-state index in [2.05, 4.69) is 5.16 Å². The fourth-order valence-corrected chi connectivity index (χ4v) is 1.77. The Morgan fingerprint density at radius 2 is 1.55 bits per heavy atom. The molecular weight excluding hydrogens is 262 g/mol. The molecule has 0 fully saturated rings. The van der Waals surface area contributed by atoms with Gasteiger partial charge in [0.1, 0.15) is 13.2 Å². The fraction of sp³-hybridized carbons (Fsp3) is 0.500. The first-order chi connectivity index (χ1) is 9.81. The summed E-state index contributed by atoms with van der Waals surface area (Å²) in [6, 6.07) is 5.41. The molecule has 0 saturated heterocycles. The Labute approximate surface area is 117 Å². The summed E-state index contributed by atoms with van der Waals surface area (Å²) >= 11 is 0. The van der Waals surface area contributed by atoms with Crippen molar-refractivity contribution >= 4 is 5.71 Å². The number of oxime groups is 1. The molecule has 0 amide bonds. The average Bonchev–Trinajstić information content (AvgIpc) is 2.47. The third-order valence-corrected chi connectivity index (χ3v) is 2.85. The Morgan fingerprint density at radius 1 is 0.950 bits per heavy atom. The molecule has 6 heteroatoms. The first kappa shape index (κ1) is 14.6. The minimum Gasteiger partial charge on any atom is -0.487 e. The first-order valence-corrected chi connectivity index (χ1v) is 6.55. The van der Waals surface area contributed by atoms with Gasteiger partial charge < -0.3 is 24.2 Å². The second kappa shape index (κ2) is 7.72. The molecule has 2 rings (SSSR count). The summed E-state index contributed by atoms with van der Waals surface area (Å²) < 4.78 is 22.0. The van der Waals surface area contributed by atoms with Crippen LogP contribution in [0.1, 0.15) is 12.5 Å². The van der Waals surface area contributed by atoms with E-state index < -0.39 is 0 Å². The van der Waals surface area contributed by atoms with E-state index in [0.29, 0.717) is 56.9 Å². The molecule has 1 aliphatic rings. The standard InChI is InChI=1S/C14H19NO5/c1-11(15-16)12-2-3-13-14(10-12)20-9-7-18-5-4-17-6-8-19-13/h2-3,10,16H,4-9H2,1H3. The smallest absolute Gasteiger partial charge is 0.161 e. The van der Waals surface area contributed by atoms with Crippen LogP contribution in [0.4, 0.5) is 0 Å². The Bertz CT molecular complexity index is 461. The summed E-state index contributed by atoms with van der Waals surface area (Å²) in [5.74, 6) is 1.25. The maximum absolute atomic E-state index is 8.82. The van der Waals surface area contributed by atoms with Crippen LogP contribution in [0.15, 0.2) is 23.4 Å². The Kier molecular flexibility index (Phi) is 5.64. The van der Waals surface area contributed by atoms with Crippen molar-refractivity contribution in [3.05, 3.63) is 23.8 Å². The van der Waals surface area contributed by atoms with Crippen LogP contribution < -0.4 is 9.47 Å². The molecule has 0 saturated carbocycles. The second-order valence-electron chi connectivity index (χ2n) is 4.27. The van der Waals surface area contributed by atoms with Crippen LogP contribution in [0.25, 0.3) is 0 Å². The quantitative estimate of drug-likeness (QED) is 0.482. The molecule has 20 heavy (non-hydrogen) atoms. The van der Waals surface area contributed by atoms with E-state index >= 15 is 0 Å². The van der Waals surface area contributed by atoms with E-state index in [9.17, 15) is 0 Å². The highest BCUT2D eigenvalue weighted by atomic mass is 16.6. The van der Waals surface area contributed by atoms with E-state index in [0.717, 1.165) is 5.56 Å². The van der Waals surface area contributed by atoms with E-state index in [1.165, 1.54) is 0 Å². The topological polar surface area (TPSA) is 69.5 Å². The van der Waals surface area contributed by atoms with Crippen molar-refractivity contribution in [2.45, 2.75) is 6.92 Å². The zero-order chi connectivity index (χ0) is 14.2. The van der Waals surface area contributed by atoms with Gasteiger partial charge in [-0.3, -0.25) is 0 Å². The monoisotopic (exact) mass is 281 g/mol. The van der Waals surface area contributed by atoms with Gasteiger partial charge in [-0.1, -0.05) is 5.16 Å². The van der Waals surface area contributed by atoms with Crippen molar-refractivity contribution in [2.75, 3.05) is 39.6 Å². The summed E-state index contributed by atoms with van der Waals surface area (Å²) in [6.45, 7) is 4.68. The molecule has 0 bridgehead atoms. The van der Waals surface area contributed by atoms with Gasteiger partial charge in [0.25, 0.3) is 0 Å². The Balaban J connectivity index is 2.16. The molecule has 110 valence electrons. The lowest BCUT2D eigenvalue weighted by Gasteiger charge is -2.15. The third-order valence-electron chi connectivity index (χ3n) is 2.85. The lowest BCUT2D eigenvalue weighted by Crippen LogP contribution is -2.16. The molecule has 0 spiro atoms. The van der Waals surface area contributed by atoms with Gasteiger partial charge in [0.05, 0.1) is 32.1 Å². The highest BCUT2D eigenvalue weighted by molar-refractivity contribution is 5.98. The van der Waals surface area contributed by atoms with Gasteiger partial charge in [-0.05, 0) is 25.1 Å². The maximum atomic E-state index is 8.82. The molecule has 1 N–H and O–H groups in total. The molecule has 0 aromatic heterocycles. The van der Waals surface area contributed by atoms with Gasteiger partial charge in [0.15, 0.2) is 11.5 Å². The summed E-state index contributed by atoms with van der Waals surface area (Å²) in [7, 11) is 0. The van der Waals surface area contributed by atoms with E-state index in [4.69, 9.17) is 24.2 Å². The van der Waals surface area contributed by atoms with Gasteiger partial charge in [-0.25, -0.2) is 0 Å². The minimum atomic E-state index is 0.426. The highest BCUT2D eigenvalue weighted by Gasteiger charge is 2.09. The minimum absolute atomic E-state index is 0.426. The van der Waals surface area contributed by atoms with Gasteiger partial charge in [-0.15, -0.1) is 0 Å². The van der Waals surface area contributed by atoms with Crippen molar-refractivity contribution in [3.63, 3.8) is 0 Å². The number of benzene rings is 1. The average molecular weight is 281 g/mol. The SMILES string of the molecule is CC(=NO)c1ccc2c(c1)OCCOCCOCCO2. The highest BCUT2D eigenvalue weighted by Crippen LogP contribution is 2.28. The Hall–Kier alpha value is -1.79. The van der Waals surface area contributed by atoms with Gasteiger partial charge in [0, 0.05) is 5.56 Å². The Morgan fingerprint density at radius 3 is 2.20 bits per heavy atom. The zero-order valence-electron chi connectivity index (χ0n) is 11.5. The summed E-state index contributed by atoms with van der Waals surface area (Å²) in [5.41, 5.74) is 1.29. The van der Waals surface area contributed by atoms with Crippen LogP contribution in [0, 0.1) is 0 Å². The predicted molar refractivity (Wildman–Crippen MR) is 73.1 cm³/mol. The number of hydrogen-bond acceptors (Lipinski definition) is 6. The number of nitrogens with zero attached hydrogens (tertiary/aromatic N) is 1. The lowest BCUT2D eigenvalue weighted by atomic mass is 10.1. The van der Waals surface area contributed by atoms with Crippen LogP contribution in [-0.4, -0.2) is 50.6 Å². The molecule has 1 aromatic rings. The number of fused-ring (bicyclic) bond motifs is 1. The molecule has 0 unspecified atom stereocenters. The lowest BCUT2D eigenvalue weighted by molar-refractivity contribution is 0.0223. The van der Waals surface area contributed by atoms with E-state index in [-0.39, 0.29) is 0 Å². The van der Waals surface area contributed by atoms with Crippen molar-refractivity contribution in [3.8, 4) is 11.5 Å². The van der Waals surface area contributed by atoms with Crippen LogP contribution >= 0.6 is 0 Å². The summed E-state index contributed by atoms with van der Waals surface area (Å²) in [5, 5.41) is 12.0. The van der Waals surface area contributed by atoms with Crippen LogP contribution in [0.2, 0.25) is 0 Å². The molecule has 0 radical (unpaired) electrons. The summed E-state index contributed by atoms with van der Waals surface area (Å²) in [6.07, 6.45) is 0. The van der Waals surface area contributed by atoms with Crippen molar-refractivity contribution in [1.29, 1.82) is 0 Å². The van der Waals surface area contributed by atoms with Crippen molar-refractivity contribution in [1.82, 2.24) is 0 Å². The van der Waals surface area contributed by atoms with Crippen LogP contribution in [0.3, 0.4) is 0 Å². The molecule has 0 aliphatic carbocycles. The maximum Gasteiger partial charge on any atom is 0.161 e. The molecular formula is C14H19NO5. The molecule has 1 aromatic carbocycles. The molecule has 0 atom stereocenters. The van der Waals surface area contributed by atoms with Crippen molar-refractivity contribution in [2.24, 2.45) is 5.16 Å².